The monoisotopic (exact) mass is 386 g/mol. The molecular weight excluding hydrogens is 363 g/mol. The van der Waals surface area contributed by atoms with Gasteiger partial charge in [-0.25, -0.2) is 4.39 Å². The van der Waals surface area contributed by atoms with Crippen molar-refractivity contribution in [3.8, 4) is 5.75 Å². The van der Waals surface area contributed by atoms with E-state index in [2.05, 4.69) is 29.2 Å². The number of carbonyl (C=O) groups is 1. The Kier molecular flexibility index (Phi) is 5.25. The van der Waals surface area contributed by atoms with Crippen LogP contribution in [0.3, 0.4) is 0 Å². The Balaban J connectivity index is 1.45. The van der Waals surface area contributed by atoms with Gasteiger partial charge in [0.2, 0.25) is 0 Å². The van der Waals surface area contributed by atoms with Crippen molar-refractivity contribution < 1.29 is 14.3 Å². The van der Waals surface area contributed by atoms with E-state index in [4.69, 9.17) is 0 Å². The predicted octanol–water partition coefficient (Wildman–Crippen LogP) is 4.06. The average Bonchev–Trinajstić information content (AvgIpc) is 3.25. The molecule has 27 heavy (non-hydrogen) atoms. The highest BCUT2D eigenvalue weighted by Crippen LogP contribution is 2.35. The first-order valence-corrected chi connectivity index (χ1v) is 10.4. The molecule has 4 nitrogen and oxygen atoms in total. The molecule has 1 amide bonds. The van der Waals surface area contributed by atoms with Crippen LogP contribution in [-0.2, 0) is 0 Å². The minimum Gasteiger partial charge on any atom is -0.505 e. The van der Waals surface area contributed by atoms with Crippen LogP contribution in [0.5, 0.6) is 5.75 Å². The Morgan fingerprint density at radius 1 is 1.07 bits per heavy atom. The van der Waals surface area contributed by atoms with E-state index < -0.39 is 11.6 Å². The van der Waals surface area contributed by atoms with Gasteiger partial charge >= 0.3 is 0 Å². The summed E-state index contributed by atoms with van der Waals surface area (Å²) >= 11 is 1.85. The van der Waals surface area contributed by atoms with Crippen molar-refractivity contribution in [1.82, 2.24) is 4.90 Å². The van der Waals surface area contributed by atoms with E-state index in [0.29, 0.717) is 13.1 Å². The number of phenols is 1. The van der Waals surface area contributed by atoms with Crippen LogP contribution in [0.2, 0.25) is 0 Å². The molecule has 2 saturated heterocycles. The third kappa shape index (κ3) is 3.90. The molecule has 1 atom stereocenters. The molecule has 1 N–H and O–H groups in total. The topological polar surface area (TPSA) is 43.8 Å². The molecule has 2 aromatic carbocycles. The summed E-state index contributed by atoms with van der Waals surface area (Å²) in [5.74, 6) is -0.531. The lowest BCUT2D eigenvalue weighted by molar-refractivity contribution is 0.0761. The molecule has 2 fully saturated rings. The van der Waals surface area contributed by atoms with Gasteiger partial charge in [-0.05, 0) is 48.7 Å². The van der Waals surface area contributed by atoms with Crippen molar-refractivity contribution in [3.05, 3.63) is 59.4 Å². The molecule has 2 heterocycles. The Morgan fingerprint density at radius 3 is 2.52 bits per heavy atom. The number of nitrogens with zero attached hydrogens (tertiary/aromatic N) is 2. The van der Waals surface area contributed by atoms with Gasteiger partial charge in [0, 0.05) is 48.4 Å². The van der Waals surface area contributed by atoms with E-state index in [1.54, 1.807) is 4.90 Å². The van der Waals surface area contributed by atoms with Crippen LogP contribution in [0, 0.1) is 5.82 Å². The first kappa shape index (κ1) is 18.2. The van der Waals surface area contributed by atoms with Crippen LogP contribution in [-0.4, -0.2) is 47.8 Å². The van der Waals surface area contributed by atoms with Crippen molar-refractivity contribution >= 4 is 23.4 Å². The molecule has 4 rings (SSSR count). The number of benzene rings is 2. The van der Waals surface area contributed by atoms with E-state index in [1.807, 2.05) is 11.8 Å². The number of hydrogen-bond donors (Lipinski definition) is 1. The Bertz CT molecular complexity index is 821. The maximum Gasteiger partial charge on any atom is 0.254 e. The molecule has 0 saturated carbocycles. The number of aromatic hydroxyl groups is 1. The van der Waals surface area contributed by atoms with Gasteiger partial charge in [0.25, 0.3) is 5.91 Å². The third-order valence-electron chi connectivity index (χ3n) is 5.28. The molecule has 2 aliphatic rings. The highest BCUT2D eigenvalue weighted by atomic mass is 32.2. The van der Waals surface area contributed by atoms with Crippen molar-refractivity contribution in [2.45, 2.75) is 18.1 Å². The second-order valence-corrected chi connectivity index (χ2v) is 8.37. The van der Waals surface area contributed by atoms with E-state index in [0.717, 1.165) is 24.9 Å². The van der Waals surface area contributed by atoms with Crippen molar-refractivity contribution in [1.29, 1.82) is 0 Å². The number of halogens is 1. The van der Waals surface area contributed by atoms with E-state index in [-0.39, 0.29) is 16.7 Å². The van der Waals surface area contributed by atoms with E-state index in [1.165, 1.54) is 36.2 Å². The molecule has 0 aliphatic carbocycles. The summed E-state index contributed by atoms with van der Waals surface area (Å²) in [7, 11) is 0. The standard InChI is InChI=1S/C21H23FN2O2S/c22-18-13-16(5-8-19(18)25)21(26)24-11-12-27-20(14-24)15-3-6-17(7-4-15)23-9-1-2-10-23/h3-8,13,20,25H,1-2,9-12,14H2/t20-/m1/s1. The summed E-state index contributed by atoms with van der Waals surface area (Å²) in [6.07, 6.45) is 2.52. The average molecular weight is 386 g/mol. The molecule has 0 radical (unpaired) electrons. The van der Waals surface area contributed by atoms with Crippen LogP contribution in [0.25, 0.3) is 0 Å². The molecule has 142 valence electrons. The number of anilines is 1. The zero-order valence-electron chi connectivity index (χ0n) is 15.1. The van der Waals surface area contributed by atoms with Crippen LogP contribution >= 0.6 is 11.8 Å². The van der Waals surface area contributed by atoms with Crippen molar-refractivity contribution in [2.24, 2.45) is 0 Å². The van der Waals surface area contributed by atoms with Gasteiger partial charge in [-0.1, -0.05) is 12.1 Å². The summed E-state index contributed by atoms with van der Waals surface area (Å²) in [5, 5.41) is 9.54. The summed E-state index contributed by atoms with van der Waals surface area (Å²) in [6.45, 7) is 3.51. The number of carbonyl (C=O) groups excluding carboxylic acids is 1. The van der Waals surface area contributed by atoms with Crippen LogP contribution < -0.4 is 4.90 Å². The first-order chi connectivity index (χ1) is 13.1. The van der Waals surface area contributed by atoms with E-state index >= 15 is 0 Å². The van der Waals surface area contributed by atoms with Gasteiger partial charge in [-0.3, -0.25) is 4.79 Å². The first-order valence-electron chi connectivity index (χ1n) is 9.36. The third-order valence-corrected chi connectivity index (χ3v) is 6.53. The van der Waals surface area contributed by atoms with Gasteiger partial charge in [-0.15, -0.1) is 0 Å². The summed E-state index contributed by atoms with van der Waals surface area (Å²) < 4.78 is 13.6. The lowest BCUT2D eigenvalue weighted by Crippen LogP contribution is -2.39. The van der Waals surface area contributed by atoms with Gasteiger partial charge in [0.1, 0.15) is 0 Å². The summed E-state index contributed by atoms with van der Waals surface area (Å²) in [6, 6.07) is 12.5. The van der Waals surface area contributed by atoms with Crippen molar-refractivity contribution in [2.75, 3.05) is 36.8 Å². The SMILES string of the molecule is O=C(c1ccc(O)c(F)c1)N1CCS[C@@H](c2ccc(N3CCCC3)cc2)C1. The molecule has 2 aliphatic heterocycles. The molecule has 6 heteroatoms. The quantitative estimate of drug-likeness (QED) is 0.864. The van der Waals surface area contributed by atoms with Gasteiger partial charge in [0.05, 0.1) is 0 Å². The van der Waals surface area contributed by atoms with Gasteiger partial charge < -0.3 is 14.9 Å². The number of rotatable bonds is 3. The van der Waals surface area contributed by atoms with Crippen LogP contribution in [0.1, 0.15) is 34.0 Å². The molecular formula is C21H23FN2O2S. The molecule has 0 spiro atoms. The Hall–Kier alpha value is -2.21. The largest absolute Gasteiger partial charge is 0.505 e. The summed E-state index contributed by atoms with van der Waals surface area (Å²) in [5.41, 5.74) is 2.77. The predicted molar refractivity (Wildman–Crippen MR) is 107 cm³/mol. The zero-order chi connectivity index (χ0) is 18.8. The lowest BCUT2D eigenvalue weighted by atomic mass is 10.1. The second kappa shape index (κ2) is 7.80. The maximum absolute atomic E-state index is 13.6. The Labute approximate surface area is 163 Å². The number of hydrogen-bond acceptors (Lipinski definition) is 4. The maximum atomic E-state index is 13.6. The van der Waals surface area contributed by atoms with Gasteiger partial charge in [-0.2, -0.15) is 11.8 Å². The number of thioether (sulfide) groups is 1. The Morgan fingerprint density at radius 2 is 1.81 bits per heavy atom. The smallest absolute Gasteiger partial charge is 0.254 e. The summed E-state index contributed by atoms with van der Waals surface area (Å²) in [4.78, 5) is 16.9. The van der Waals surface area contributed by atoms with Crippen molar-refractivity contribution in [3.63, 3.8) is 0 Å². The van der Waals surface area contributed by atoms with Gasteiger partial charge in [0.15, 0.2) is 11.6 Å². The van der Waals surface area contributed by atoms with Crippen LogP contribution in [0.15, 0.2) is 42.5 Å². The zero-order valence-corrected chi connectivity index (χ0v) is 15.9. The molecule has 0 unspecified atom stereocenters. The minimum atomic E-state index is -0.763. The minimum absolute atomic E-state index is 0.187. The van der Waals surface area contributed by atoms with Crippen LogP contribution in [0.4, 0.5) is 10.1 Å². The highest BCUT2D eigenvalue weighted by Gasteiger charge is 2.26. The fourth-order valence-electron chi connectivity index (χ4n) is 3.73. The fraction of sp³-hybridized carbons (Fsp3) is 0.381. The van der Waals surface area contributed by atoms with E-state index in [9.17, 15) is 14.3 Å². The highest BCUT2D eigenvalue weighted by molar-refractivity contribution is 7.99. The second-order valence-electron chi connectivity index (χ2n) is 7.06. The fourth-order valence-corrected chi connectivity index (χ4v) is 4.98. The number of phenolic OH excluding ortho intramolecular Hbond substituents is 1. The number of amides is 1. The normalized spacial score (nSPS) is 20.1. The molecule has 0 bridgehead atoms. The molecule has 2 aromatic rings. The lowest BCUT2D eigenvalue weighted by Gasteiger charge is -2.33. The molecule has 0 aromatic heterocycles.